The molecule has 1 aliphatic rings. The Morgan fingerprint density at radius 2 is 2.23 bits per heavy atom. The standard InChI is InChI=1S/C22H27ClN4O4/c1-16(23)15-31-20-12-17(7-8-19(20)30-2)13-27(18-6-3-4-9-24-22(18)29)21(28)14-26-11-5-10-25-26/h5,7-8,10-12,18H,1,3-4,6,9,13-15H2,2H3,(H,24,29)/t18-/m0/s1. The van der Waals surface area contributed by atoms with Crippen LogP contribution in [-0.2, 0) is 22.7 Å². The van der Waals surface area contributed by atoms with Crippen LogP contribution in [0.2, 0.25) is 0 Å². The first-order chi connectivity index (χ1) is 15.0. The molecular weight excluding hydrogens is 420 g/mol. The lowest BCUT2D eigenvalue weighted by Gasteiger charge is -2.30. The lowest BCUT2D eigenvalue weighted by molar-refractivity contribution is -0.141. The van der Waals surface area contributed by atoms with Crippen molar-refractivity contribution in [3.8, 4) is 11.5 Å². The molecule has 1 aromatic carbocycles. The maximum absolute atomic E-state index is 13.2. The van der Waals surface area contributed by atoms with Gasteiger partial charge in [0, 0.05) is 30.5 Å². The topological polar surface area (TPSA) is 85.7 Å². The summed E-state index contributed by atoms with van der Waals surface area (Å²) in [6.07, 6.45) is 5.72. The maximum atomic E-state index is 13.2. The van der Waals surface area contributed by atoms with Crippen LogP contribution >= 0.6 is 11.6 Å². The molecule has 0 bridgehead atoms. The van der Waals surface area contributed by atoms with Crippen LogP contribution < -0.4 is 14.8 Å². The fraction of sp³-hybridized carbons (Fsp3) is 0.409. The predicted molar refractivity (Wildman–Crippen MR) is 117 cm³/mol. The van der Waals surface area contributed by atoms with Crippen LogP contribution in [0.25, 0.3) is 0 Å². The number of nitrogens with one attached hydrogen (secondary N) is 1. The van der Waals surface area contributed by atoms with Crippen LogP contribution in [0.15, 0.2) is 48.3 Å². The molecule has 0 unspecified atom stereocenters. The van der Waals surface area contributed by atoms with Gasteiger partial charge in [0.05, 0.1) is 7.11 Å². The Morgan fingerprint density at radius 3 is 2.94 bits per heavy atom. The Kier molecular flexibility index (Phi) is 7.94. The van der Waals surface area contributed by atoms with Gasteiger partial charge in [0.25, 0.3) is 0 Å². The highest BCUT2D eigenvalue weighted by Gasteiger charge is 2.31. The van der Waals surface area contributed by atoms with Crippen LogP contribution in [0, 0.1) is 0 Å². The highest BCUT2D eigenvalue weighted by molar-refractivity contribution is 6.29. The fourth-order valence-corrected chi connectivity index (χ4v) is 3.56. The zero-order valence-electron chi connectivity index (χ0n) is 17.6. The highest BCUT2D eigenvalue weighted by Crippen LogP contribution is 2.30. The monoisotopic (exact) mass is 446 g/mol. The van der Waals surface area contributed by atoms with Crippen molar-refractivity contribution in [2.24, 2.45) is 0 Å². The van der Waals surface area contributed by atoms with Gasteiger partial charge in [0.2, 0.25) is 11.8 Å². The van der Waals surface area contributed by atoms with Crippen molar-refractivity contribution in [1.82, 2.24) is 20.0 Å². The number of carbonyl (C=O) groups is 2. The van der Waals surface area contributed by atoms with Crippen molar-refractivity contribution in [1.29, 1.82) is 0 Å². The van der Waals surface area contributed by atoms with Crippen LogP contribution in [0.5, 0.6) is 11.5 Å². The number of hydrogen-bond donors (Lipinski definition) is 1. The molecule has 2 aromatic rings. The number of carbonyl (C=O) groups excluding carboxylic acids is 2. The number of methoxy groups -OCH3 is 1. The van der Waals surface area contributed by atoms with Crippen LogP contribution in [0.3, 0.4) is 0 Å². The van der Waals surface area contributed by atoms with Crippen LogP contribution in [0.4, 0.5) is 0 Å². The molecule has 9 heteroatoms. The van der Waals surface area contributed by atoms with Crippen molar-refractivity contribution in [3.05, 3.63) is 53.8 Å². The molecule has 1 fully saturated rings. The van der Waals surface area contributed by atoms with E-state index in [4.69, 9.17) is 21.1 Å². The lowest BCUT2D eigenvalue weighted by atomic mass is 10.1. The van der Waals surface area contributed by atoms with Gasteiger partial charge < -0.3 is 19.7 Å². The molecule has 166 valence electrons. The average molecular weight is 447 g/mol. The van der Waals surface area contributed by atoms with Gasteiger partial charge in [-0.25, -0.2) is 0 Å². The van der Waals surface area contributed by atoms with E-state index in [1.54, 1.807) is 47.3 Å². The summed E-state index contributed by atoms with van der Waals surface area (Å²) in [6.45, 7) is 4.69. The lowest BCUT2D eigenvalue weighted by Crippen LogP contribution is -2.49. The zero-order chi connectivity index (χ0) is 22.2. The van der Waals surface area contributed by atoms with E-state index in [2.05, 4.69) is 17.0 Å². The Hall–Kier alpha value is -3.00. The van der Waals surface area contributed by atoms with E-state index in [1.165, 1.54) is 0 Å². The molecule has 1 atom stereocenters. The molecule has 1 aliphatic heterocycles. The number of ether oxygens (including phenoxy) is 2. The molecule has 31 heavy (non-hydrogen) atoms. The summed E-state index contributed by atoms with van der Waals surface area (Å²) in [5.74, 6) is 0.725. The summed E-state index contributed by atoms with van der Waals surface area (Å²) < 4.78 is 12.6. The summed E-state index contributed by atoms with van der Waals surface area (Å²) in [5.41, 5.74) is 0.807. The predicted octanol–water partition coefficient (Wildman–Crippen LogP) is 2.72. The number of benzene rings is 1. The fourth-order valence-electron chi connectivity index (χ4n) is 3.50. The molecule has 0 aliphatic carbocycles. The van der Waals surface area contributed by atoms with Crippen molar-refractivity contribution in [3.63, 3.8) is 0 Å². The summed E-state index contributed by atoms with van der Waals surface area (Å²) >= 11 is 5.82. The molecule has 2 amide bonds. The average Bonchev–Trinajstić information content (AvgIpc) is 3.17. The van der Waals surface area contributed by atoms with Crippen molar-refractivity contribution < 1.29 is 19.1 Å². The number of halogens is 1. The SMILES string of the molecule is C=C(Cl)COc1cc(CN(C(=O)Cn2cccn2)[C@H]2CCCCNC2=O)ccc1OC. The molecule has 0 radical (unpaired) electrons. The molecule has 1 aromatic heterocycles. The maximum Gasteiger partial charge on any atom is 0.245 e. The van der Waals surface area contributed by atoms with Gasteiger partial charge >= 0.3 is 0 Å². The number of hydrogen-bond acceptors (Lipinski definition) is 5. The van der Waals surface area contributed by atoms with E-state index in [1.807, 2.05) is 6.07 Å². The van der Waals surface area contributed by atoms with Crippen molar-refractivity contribution in [2.75, 3.05) is 20.3 Å². The third-order valence-electron chi connectivity index (χ3n) is 5.02. The molecule has 0 spiro atoms. The van der Waals surface area contributed by atoms with Gasteiger partial charge in [-0.05, 0) is 43.0 Å². The Morgan fingerprint density at radius 1 is 1.39 bits per heavy atom. The first-order valence-electron chi connectivity index (χ1n) is 10.2. The van der Waals surface area contributed by atoms with Crippen molar-refractivity contribution >= 4 is 23.4 Å². The smallest absolute Gasteiger partial charge is 0.245 e. The molecule has 8 nitrogen and oxygen atoms in total. The molecule has 3 rings (SSSR count). The molecule has 1 N–H and O–H groups in total. The Labute approximate surface area is 186 Å². The van der Waals surface area contributed by atoms with E-state index in [0.29, 0.717) is 29.5 Å². The summed E-state index contributed by atoms with van der Waals surface area (Å²) in [5, 5.41) is 7.39. The van der Waals surface area contributed by atoms with E-state index in [0.717, 1.165) is 18.4 Å². The summed E-state index contributed by atoms with van der Waals surface area (Å²) in [4.78, 5) is 27.5. The minimum Gasteiger partial charge on any atom is -0.493 e. The number of amides is 2. The number of aromatic nitrogens is 2. The molecule has 1 saturated heterocycles. The van der Waals surface area contributed by atoms with E-state index in [-0.39, 0.29) is 31.5 Å². The molecule has 0 saturated carbocycles. The van der Waals surface area contributed by atoms with Gasteiger partial charge in [-0.3, -0.25) is 14.3 Å². The minimum absolute atomic E-state index is 0.0579. The van der Waals surface area contributed by atoms with E-state index in [9.17, 15) is 9.59 Å². The first kappa shape index (κ1) is 22.7. The first-order valence-corrected chi connectivity index (χ1v) is 10.5. The van der Waals surface area contributed by atoms with Gasteiger partial charge in [0.1, 0.15) is 19.2 Å². The second kappa shape index (κ2) is 10.9. The minimum atomic E-state index is -0.542. The van der Waals surface area contributed by atoms with Crippen LogP contribution in [-0.4, -0.2) is 52.8 Å². The third kappa shape index (κ3) is 6.24. The second-order valence-electron chi connectivity index (χ2n) is 7.32. The number of rotatable bonds is 9. The quantitative estimate of drug-likeness (QED) is 0.640. The van der Waals surface area contributed by atoms with Gasteiger partial charge in [-0.2, -0.15) is 5.10 Å². The summed E-state index contributed by atoms with van der Waals surface area (Å²) in [6, 6.07) is 6.63. The highest BCUT2D eigenvalue weighted by atomic mass is 35.5. The largest absolute Gasteiger partial charge is 0.493 e. The third-order valence-corrected chi connectivity index (χ3v) is 5.13. The second-order valence-corrected chi connectivity index (χ2v) is 7.85. The van der Waals surface area contributed by atoms with Gasteiger partial charge in [-0.1, -0.05) is 24.2 Å². The Bertz CT molecular complexity index is 916. The van der Waals surface area contributed by atoms with Crippen molar-refractivity contribution in [2.45, 2.75) is 38.4 Å². The van der Waals surface area contributed by atoms with E-state index >= 15 is 0 Å². The summed E-state index contributed by atoms with van der Waals surface area (Å²) in [7, 11) is 1.55. The Balaban J connectivity index is 1.86. The zero-order valence-corrected chi connectivity index (χ0v) is 18.3. The normalized spacial score (nSPS) is 16.2. The number of nitrogens with zero attached hydrogens (tertiary/aromatic N) is 3. The molecule has 2 heterocycles. The van der Waals surface area contributed by atoms with E-state index < -0.39 is 6.04 Å². The molecular formula is C22H27ClN4O4. The van der Waals surface area contributed by atoms with Gasteiger partial charge in [-0.15, -0.1) is 0 Å². The van der Waals surface area contributed by atoms with Crippen LogP contribution in [0.1, 0.15) is 24.8 Å². The van der Waals surface area contributed by atoms with Gasteiger partial charge in [0.15, 0.2) is 11.5 Å².